The highest BCUT2D eigenvalue weighted by molar-refractivity contribution is 7.89. The van der Waals surface area contributed by atoms with Crippen molar-refractivity contribution in [2.45, 2.75) is 31.8 Å². The molecule has 0 unspecified atom stereocenters. The molecule has 0 saturated heterocycles. The molecule has 2 aromatic carbocycles. The summed E-state index contributed by atoms with van der Waals surface area (Å²) in [5.41, 5.74) is 7.23. The first kappa shape index (κ1) is 20.9. The van der Waals surface area contributed by atoms with Gasteiger partial charge in [-0.3, -0.25) is 0 Å². The average molecular weight is 393 g/mol. The van der Waals surface area contributed by atoms with E-state index in [4.69, 9.17) is 5.73 Å². The van der Waals surface area contributed by atoms with Gasteiger partial charge in [0.15, 0.2) is 5.96 Å². The van der Waals surface area contributed by atoms with Crippen LogP contribution in [-0.2, 0) is 23.1 Å². The number of sulfonamides is 1. The van der Waals surface area contributed by atoms with Crippen molar-refractivity contribution < 1.29 is 12.8 Å². The molecule has 0 atom stereocenters. The number of nitrogens with one attached hydrogen (secondary N) is 1. The minimum atomic E-state index is -3.72. The average Bonchev–Trinajstić information content (AvgIpc) is 2.66. The third-order valence-corrected chi connectivity index (χ3v) is 5.47. The topological polar surface area (TPSA) is 87.8 Å². The molecule has 146 valence electrons. The number of guanidine groups is 1. The largest absolute Gasteiger partial charge is 0.370 e. The molecule has 0 aliphatic carbocycles. The maximum atomic E-state index is 13.2. The predicted octanol–water partition coefficient (Wildman–Crippen LogP) is 2.46. The first-order valence-electron chi connectivity index (χ1n) is 8.73. The standard InChI is InChI=1S/C19H25FN4O2S/c1-3-24(4-2)19(21)22-13-16-8-6-10-18(12-16)27(25,26)23-14-15-7-5-9-17(20)11-15/h5-12,23H,3-4,13-14H2,1-2H3,(H2,21,22). The van der Waals surface area contributed by atoms with E-state index in [0.717, 1.165) is 18.7 Å². The van der Waals surface area contributed by atoms with Crippen molar-refractivity contribution >= 4 is 16.0 Å². The Morgan fingerprint density at radius 3 is 2.44 bits per heavy atom. The minimum Gasteiger partial charge on any atom is -0.370 e. The van der Waals surface area contributed by atoms with E-state index in [0.29, 0.717) is 11.5 Å². The van der Waals surface area contributed by atoms with Gasteiger partial charge in [-0.25, -0.2) is 22.5 Å². The summed E-state index contributed by atoms with van der Waals surface area (Å²) >= 11 is 0. The lowest BCUT2D eigenvalue weighted by atomic mass is 10.2. The second kappa shape index (κ2) is 9.48. The number of hydrogen-bond donors (Lipinski definition) is 2. The van der Waals surface area contributed by atoms with Gasteiger partial charge in [0.05, 0.1) is 11.4 Å². The zero-order chi connectivity index (χ0) is 19.9. The summed E-state index contributed by atoms with van der Waals surface area (Å²) in [6.07, 6.45) is 0. The van der Waals surface area contributed by atoms with Crippen molar-refractivity contribution in [1.82, 2.24) is 9.62 Å². The number of nitrogens with zero attached hydrogens (tertiary/aromatic N) is 2. The van der Waals surface area contributed by atoms with Crippen molar-refractivity contribution in [1.29, 1.82) is 0 Å². The third-order valence-electron chi connectivity index (χ3n) is 4.08. The molecule has 6 nitrogen and oxygen atoms in total. The summed E-state index contributed by atoms with van der Waals surface area (Å²) in [6, 6.07) is 12.3. The van der Waals surface area contributed by atoms with Crippen LogP contribution in [-0.4, -0.2) is 32.4 Å². The second-order valence-corrected chi connectivity index (χ2v) is 7.72. The van der Waals surface area contributed by atoms with Gasteiger partial charge in [-0.2, -0.15) is 0 Å². The lowest BCUT2D eigenvalue weighted by molar-refractivity contribution is 0.458. The number of halogens is 1. The van der Waals surface area contributed by atoms with Crippen molar-refractivity contribution in [3.05, 3.63) is 65.5 Å². The summed E-state index contributed by atoms with van der Waals surface area (Å²) in [6.45, 7) is 5.79. The number of aliphatic imine (C=N–C) groups is 1. The first-order chi connectivity index (χ1) is 12.9. The Kier molecular flexibility index (Phi) is 7.32. The van der Waals surface area contributed by atoms with Gasteiger partial charge in [-0.1, -0.05) is 24.3 Å². The van der Waals surface area contributed by atoms with E-state index < -0.39 is 15.8 Å². The molecule has 27 heavy (non-hydrogen) atoms. The van der Waals surface area contributed by atoms with Crippen molar-refractivity contribution in [3.8, 4) is 0 Å². The Morgan fingerprint density at radius 2 is 1.78 bits per heavy atom. The highest BCUT2D eigenvalue weighted by Gasteiger charge is 2.14. The van der Waals surface area contributed by atoms with Gasteiger partial charge in [0.2, 0.25) is 10.0 Å². The smallest absolute Gasteiger partial charge is 0.240 e. The van der Waals surface area contributed by atoms with Crippen LogP contribution in [0, 0.1) is 5.82 Å². The van der Waals surface area contributed by atoms with Crippen LogP contribution in [0.5, 0.6) is 0 Å². The van der Waals surface area contributed by atoms with E-state index in [1.807, 2.05) is 18.7 Å². The Bertz CT molecular complexity index is 896. The van der Waals surface area contributed by atoms with Crippen LogP contribution in [0.15, 0.2) is 58.4 Å². The van der Waals surface area contributed by atoms with Gasteiger partial charge in [-0.05, 0) is 49.2 Å². The fourth-order valence-electron chi connectivity index (χ4n) is 2.54. The molecule has 0 fully saturated rings. The minimum absolute atomic E-state index is 0.0113. The van der Waals surface area contributed by atoms with Gasteiger partial charge in [-0.15, -0.1) is 0 Å². The molecular weight excluding hydrogens is 367 g/mol. The van der Waals surface area contributed by atoms with Crippen LogP contribution in [0.2, 0.25) is 0 Å². The summed E-state index contributed by atoms with van der Waals surface area (Å²) in [5, 5.41) is 0. The van der Waals surface area contributed by atoms with Gasteiger partial charge in [0.1, 0.15) is 5.82 Å². The molecule has 0 aliphatic heterocycles. The lowest BCUT2D eigenvalue weighted by Gasteiger charge is -2.19. The molecular formula is C19H25FN4O2S. The molecule has 2 aromatic rings. The number of rotatable bonds is 8. The van der Waals surface area contributed by atoms with Crippen LogP contribution in [0.1, 0.15) is 25.0 Å². The summed E-state index contributed by atoms with van der Waals surface area (Å²) in [7, 11) is -3.72. The van der Waals surface area contributed by atoms with E-state index in [2.05, 4.69) is 9.71 Å². The molecule has 0 amide bonds. The van der Waals surface area contributed by atoms with E-state index in [1.165, 1.54) is 24.3 Å². The Balaban J connectivity index is 2.09. The van der Waals surface area contributed by atoms with Crippen LogP contribution in [0.25, 0.3) is 0 Å². The maximum Gasteiger partial charge on any atom is 0.240 e. The monoisotopic (exact) mass is 392 g/mol. The van der Waals surface area contributed by atoms with Crippen LogP contribution in [0.3, 0.4) is 0 Å². The van der Waals surface area contributed by atoms with Gasteiger partial charge in [0.25, 0.3) is 0 Å². The van der Waals surface area contributed by atoms with E-state index >= 15 is 0 Å². The SMILES string of the molecule is CCN(CC)C(N)=NCc1cccc(S(=O)(=O)NCc2cccc(F)c2)c1. The van der Waals surface area contributed by atoms with Crippen molar-refractivity contribution in [2.75, 3.05) is 13.1 Å². The fourth-order valence-corrected chi connectivity index (χ4v) is 3.63. The van der Waals surface area contributed by atoms with Gasteiger partial charge in [0, 0.05) is 19.6 Å². The molecule has 3 N–H and O–H groups in total. The Labute approximate surface area is 160 Å². The lowest BCUT2D eigenvalue weighted by Crippen LogP contribution is -2.37. The van der Waals surface area contributed by atoms with Gasteiger partial charge < -0.3 is 10.6 Å². The Hall–Kier alpha value is -2.45. The zero-order valence-electron chi connectivity index (χ0n) is 15.5. The predicted molar refractivity (Wildman–Crippen MR) is 105 cm³/mol. The summed E-state index contributed by atoms with van der Waals surface area (Å²) in [5.74, 6) is 0.0230. The van der Waals surface area contributed by atoms with Crippen LogP contribution < -0.4 is 10.5 Å². The van der Waals surface area contributed by atoms with Crippen LogP contribution >= 0.6 is 0 Å². The normalized spacial score (nSPS) is 12.2. The molecule has 0 aromatic heterocycles. The molecule has 8 heteroatoms. The molecule has 2 rings (SSSR count). The maximum absolute atomic E-state index is 13.2. The fraction of sp³-hybridized carbons (Fsp3) is 0.316. The summed E-state index contributed by atoms with van der Waals surface area (Å²) in [4.78, 5) is 6.38. The van der Waals surface area contributed by atoms with Crippen molar-refractivity contribution in [3.63, 3.8) is 0 Å². The molecule has 0 aliphatic rings. The quantitative estimate of drug-likeness (QED) is 0.534. The Morgan fingerprint density at radius 1 is 1.11 bits per heavy atom. The van der Waals surface area contributed by atoms with E-state index in [9.17, 15) is 12.8 Å². The number of hydrogen-bond acceptors (Lipinski definition) is 3. The second-order valence-electron chi connectivity index (χ2n) is 5.95. The number of nitrogens with two attached hydrogens (primary N) is 1. The van der Waals surface area contributed by atoms with Crippen molar-refractivity contribution in [2.24, 2.45) is 10.7 Å². The first-order valence-corrected chi connectivity index (χ1v) is 10.2. The summed E-state index contributed by atoms with van der Waals surface area (Å²) < 4.78 is 40.7. The molecule has 0 bridgehead atoms. The highest BCUT2D eigenvalue weighted by Crippen LogP contribution is 2.13. The van der Waals surface area contributed by atoms with Crippen LogP contribution in [0.4, 0.5) is 4.39 Å². The molecule has 0 radical (unpaired) electrons. The zero-order valence-corrected chi connectivity index (χ0v) is 16.3. The van der Waals surface area contributed by atoms with E-state index in [1.54, 1.807) is 24.3 Å². The molecule has 0 saturated carbocycles. The van der Waals surface area contributed by atoms with Gasteiger partial charge >= 0.3 is 0 Å². The highest BCUT2D eigenvalue weighted by atomic mass is 32.2. The molecule has 0 heterocycles. The molecule has 0 spiro atoms. The van der Waals surface area contributed by atoms with E-state index in [-0.39, 0.29) is 18.0 Å². The number of benzene rings is 2. The third kappa shape index (κ3) is 6.04.